The van der Waals surface area contributed by atoms with Crippen molar-refractivity contribution >= 4 is 22.0 Å². The minimum absolute atomic E-state index is 0.00509. The van der Waals surface area contributed by atoms with E-state index in [2.05, 4.69) is 44.0 Å². The monoisotopic (exact) mass is 1150 g/mol. The summed E-state index contributed by atoms with van der Waals surface area (Å²) in [5, 5.41) is 34.2. The number of Topliss-reactive ketones (excluding diaryl/α,β-unsaturated/α-hetero) is 1. The third-order valence-electron chi connectivity index (χ3n) is 17.7. The molecule has 0 bridgehead atoms. The topological polar surface area (TPSA) is 96.2 Å². The molecule has 77 heavy (non-hydrogen) atoms. The fourth-order valence-corrected chi connectivity index (χ4v) is 13.0. The van der Waals surface area contributed by atoms with Crippen molar-refractivity contribution in [2.45, 2.75) is 430 Å². The van der Waals surface area contributed by atoms with Gasteiger partial charge in [-0.1, -0.05) is 368 Å². The van der Waals surface area contributed by atoms with E-state index in [1.807, 2.05) is 0 Å². The van der Waals surface area contributed by atoms with Gasteiger partial charge in [-0.2, -0.15) is 0 Å². The molecule has 0 heterocycles. The molecule has 6 nitrogen and oxygen atoms in total. The molecule has 0 aliphatic carbocycles. The average Bonchev–Trinajstić information content (AvgIpc) is 3.45. The lowest BCUT2D eigenvalue weighted by Gasteiger charge is -2.51. The van der Waals surface area contributed by atoms with Crippen molar-refractivity contribution in [3.63, 3.8) is 0 Å². The van der Waals surface area contributed by atoms with E-state index in [1.54, 1.807) is 0 Å². The molecule has 3 N–H and O–H groups in total. The van der Waals surface area contributed by atoms with Crippen LogP contribution in [0.25, 0.3) is 0 Å². The molecule has 0 aliphatic heterocycles. The second kappa shape index (κ2) is 60.5. The Labute approximate surface area is 491 Å². The summed E-state index contributed by atoms with van der Waals surface area (Å²) in [6.45, 7) is 8.95. The lowest BCUT2D eigenvalue weighted by Crippen LogP contribution is -2.69. The van der Waals surface area contributed by atoms with E-state index in [0.29, 0.717) is 25.9 Å². The van der Waals surface area contributed by atoms with Crippen LogP contribution in [-0.4, -0.2) is 57.7 Å². The molecular formula is C70H139BrO6. The summed E-state index contributed by atoms with van der Waals surface area (Å²) in [6, 6.07) is 0. The molecule has 0 saturated carbocycles. The Morgan fingerprint density at radius 2 is 0.584 bits per heavy atom. The van der Waals surface area contributed by atoms with E-state index < -0.39 is 30.0 Å². The van der Waals surface area contributed by atoms with Crippen LogP contribution in [0, 0.1) is 0 Å². The van der Waals surface area contributed by atoms with Crippen molar-refractivity contribution in [3.05, 3.63) is 0 Å². The highest BCUT2D eigenvalue weighted by Crippen LogP contribution is 2.46. The smallest absolute Gasteiger partial charge is 0.167 e. The van der Waals surface area contributed by atoms with Gasteiger partial charge < -0.3 is 20.1 Å². The maximum Gasteiger partial charge on any atom is 0.167 e. The van der Waals surface area contributed by atoms with Crippen LogP contribution in [0.5, 0.6) is 0 Å². The molecular weight excluding hydrogens is 1020 g/mol. The Balaban J connectivity index is 6.05. The van der Waals surface area contributed by atoms with Gasteiger partial charge in [0.25, 0.3) is 0 Å². The highest BCUT2D eigenvalue weighted by Gasteiger charge is 2.62. The highest BCUT2D eigenvalue weighted by atomic mass is 79.9. The van der Waals surface area contributed by atoms with Gasteiger partial charge in [-0.3, -0.25) is 8.62 Å². The largest absolute Gasteiger partial charge is 0.394 e. The third-order valence-corrected chi connectivity index (χ3v) is 18.3. The third kappa shape index (κ3) is 43.3. The molecule has 0 saturated heterocycles. The SMILES string of the molecule is CCCCCCCCCCCCCCCCO[C@@](CCCCCCCCCCCCCCCC)(C(=O)CCCCCCCCCCCCCCCC)C(CCCCCCCCCCCCCCCC)(OBr)C(O)C(O)CO. The molecule has 0 spiro atoms. The number of ketones is 1. The minimum atomic E-state index is -1.55. The molecule has 0 radical (unpaired) electrons. The Morgan fingerprint density at radius 1 is 0.351 bits per heavy atom. The zero-order chi connectivity index (χ0) is 56.3. The van der Waals surface area contributed by atoms with Gasteiger partial charge in [0, 0.05) is 13.0 Å². The van der Waals surface area contributed by atoms with Crippen LogP contribution in [0.15, 0.2) is 0 Å². The molecule has 462 valence electrons. The molecule has 0 amide bonds. The number of halogens is 1. The predicted octanol–water partition coefficient (Wildman–Crippen LogP) is 23.2. The number of aliphatic hydroxyl groups excluding tert-OH is 3. The van der Waals surface area contributed by atoms with Gasteiger partial charge in [-0.05, 0) is 32.1 Å². The first-order valence-electron chi connectivity index (χ1n) is 35.3. The summed E-state index contributed by atoms with van der Waals surface area (Å²) in [4.78, 5) is 15.4. The van der Waals surface area contributed by atoms with Gasteiger partial charge >= 0.3 is 0 Å². The fourth-order valence-electron chi connectivity index (χ4n) is 12.4. The van der Waals surface area contributed by atoms with Crippen molar-refractivity contribution in [1.29, 1.82) is 0 Å². The summed E-state index contributed by atoms with van der Waals surface area (Å²) in [5.41, 5.74) is -3.00. The Bertz CT molecular complexity index is 1160. The number of ether oxygens (including phenoxy) is 1. The quantitative estimate of drug-likeness (QED) is 0.0525. The summed E-state index contributed by atoms with van der Waals surface area (Å²) in [7, 11) is 0. The predicted molar refractivity (Wildman–Crippen MR) is 341 cm³/mol. The van der Waals surface area contributed by atoms with Gasteiger partial charge in [0.1, 0.15) is 17.8 Å². The summed E-state index contributed by atoms with van der Waals surface area (Å²) in [6.07, 6.45) is 68.5. The van der Waals surface area contributed by atoms with Crippen molar-refractivity contribution in [2.24, 2.45) is 0 Å². The van der Waals surface area contributed by atoms with Crippen LogP contribution in [0.3, 0.4) is 0 Å². The molecule has 0 rings (SSSR count). The first-order valence-corrected chi connectivity index (χ1v) is 36.0. The zero-order valence-electron chi connectivity index (χ0n) is 52.7. The Morgan fingerprint density at radius 3 is 0.844 bits per heavy atom. The van der Waals surface area contributed by atoms with Gasteiger partial charge in [0.15, 0.2) is 11.4 Å². The number of rotatable bonds is 67. The molecule has 0 fully saturated rings. The molecule has 7 heteroatoms. The number of unbranched alkanes of at least 4 members (excludes halogenated alkanes) is 52. The number of carbonyl (C=O) groups excluding carboxylic acids is 1. The van der Waals surface area contributed by atoms with E-state index in [0.717, 1.165) is 77.0 Å². The van der Waals surface area contributed by atoms with Gasteiger partial charge in [0.05, 0.1) is 22.9 Å². The Hall–Kier alpha value is -0.0500. The van der Waals surface area contributed by atoms with Crippen molar-refractivity contribution < 1.29 is 28.7 Å². The second-order valence-corrected chi connectivity index (χ2v) is 25.2. The summed E-state index contributed by atoms with van der Waals surface area (Å²) < 4.78 is 13.6. The van der Waals surface area contributed by atoms with Gasteiger partial charge in [-0.25, -0.2) is 0 Å². The molecule has 0 aliphatic rings. The van der Waals surface area contributed by atoms with Crippen LogP contribution in [0.1, 0.15) is 407 Å². The molecule has 4 atom stereocenters. The van der Waals surface area contributed by atoms with E-state index in [4.69, 9.17) is 8.57 Å². The normalized spacial score (nSPS) is 14.3. The molecule has 0 aromatic heterocycles. The maximum atomic E-state index is 15.4. The van der Waals surface area contributed by atoms with Crippen LogP contribution >= 0.6 is 16.3 Å². The van der Waals surface area contributed by atoms with Gasteiger partial charge in [-0.15, -0.1) is 0 Å². The molecule has 0 aromatic carbocycles. The number of carbonyl (C=O) groups is 1. The molecule has 0 aromatic rings. The minimum Gasteiger partial charge on any atom is -0.394 e. The highest BCUT2D eigenvalue weighted by molar-refractivity contribution is 9.06. The summed E-state index contributed by atoms with van der Waals surface area (Å²) >= 11 is 3.45. The van der Waals surface area contributed by atoms with Crippen LogP contribution in [-0.2, 0) is 13.4 Å². The lowest BCUT2D eigenvalue weighted by molar-refractivity contribution is -0.227. The Kier molecular flexibility index (Phi) is 60.5. The van der Waals surface area contributed by atoms with E-state index in [1.165, 1.54) is 283 Å². The summed E-state index contributed by atoms with van der Waals surface area (Å²) in [5.74, 6) is 0.00509. The van der Waals surface area contributed by atoms with E-state index in [-0.39, 0.29) is 5.78 Å². The first-order chi connectivity index (χ1) is 37.9. The zero-order valence-corrected chi connectivity index (χ0v) is 54.3. The second-order valence-electron chi connectivity index (χ2n) is 24.9. The average molecular weight is 1160 g/mol. The van der Waals surface area contributed by atoms with E-state index in [9.17, 15) is 15.3 Å². The van der Waals surface area contributed by atoms with Crippen LogP contribution < -0.4 is 0 Å². The number of aliphatic hydroxyl groups is 3. The van der Waals surface area contributed by atoms with Crippen molar-refractivity contribution in [2.75, 3.05) is 13.2 Å². The van der Waals surface area contributed by atoms with Crippen molar-refractivity contribution in [3.8, 4) is 0 Å². The van der Waals surface area contributed by atoms with Crippen LogP contribution in [0.4, 0.5) is 0 Å². The molecule has 3 unspecified atom stereocenters. The standard InChI is InChI=1S/C70H139BrO6/c1-5-9-13-17-21-25-29-33-37-41-45-49-53-57-61-67(74)69(62-58-54-50-46-42-38-34-30-26-22-18-14-10-6-2,76-64-60-56-52-48-44-40-36-32-28-24-20-16-12-8-4)70(77-71,68(75)66(73)65-72)63-59-55-51-47-43-39-35-31-27-23-19-15-11-7-3/h66,68,72-73,75H,5-65H2,1-4H3/t66?,68?,69-,70?/m0/s1. The first kappa shape index (κ1) is 77.0. The fraction of sp³-hybridized carbons (Fsp3) is 0.986. The lowest BCUT2D eigenvalue weighted by atomic mass is 9.67. The van der Waals surface area contributed by atoms with Crippen LogP contribution in [0.2, 0.25) is 0 Å². The number of hydrogen-bond acceptors (Lipinski definition) is 6. The van der Waals surface area contributed by atoms with Crippen molar-refractivity contribution in [1.82, 2.24) is 0 Å². The van der Waals surface area contributed by atoms with E-state index >= 15 is 4.79 Å². The number of hydrogen-bond donors (Lipinski definition) is 3. The van der Waals surface area contributed by atoms with Gasteiger partial charge in [0.2, 0.25) is 0 Å². The maximum absolute atomic E-state index is 15.4.